The SMILES string of the molecule is [2H]C=CCCC=C. The largest absolute Gasteiger partial charge is 0.103 e. The summed E-state index contributed by atoms with van der Waals surface area (Å²) >= 11 is 0. The molecule has 0 bridgehead atoms. The van der Waals surface area contributed by atoms with Crippen LogP contribution in [0.3, 0.4) is 0 Å². The number of hydrogen-bond acceptors (Lipinski definition) is 0. The predicted octanol–water partition coefficient (Wildman–Crippen LogP) is 2.14. The van der Waals surface area contributed by atoms with Crippen LogP contribution in [0.5, 0.6) is 0 Å². The second kappa shape index (κ2) is 4.48. The van der Waals surface area contributed by atoms with Gasteiger partial charge in [0.15, 0.2) is 0 Å². The van der Waals surface area contributed by atoms with Gasteiger partial charge in [-0.05, 0) is 12.8 Å². The fraction of sp³-hybridized carbons (Fsp3) is 0.333. The maximum Gasteiger partial charge on any atom is 0.0534 e. The van der Waals surface area contributed by atoms with Crippen LogP contribution in [0, 0.1) is 0 Å². The molecule has 0 heteroatoms. The summed E-state index contributed by atoms with van der Waals surface area (Å²) in [5, 5.41) is 0. The zero-order chi connectivity index (χ0) is 5.54. The quantitative estimate of drug-likeness (QED) is 0.362. The van der Waals surface area contributed by atoms with Crippen LogP contribution in [0.15, 0.2) is 25.3 Å². The van der Waals surface area contributed by atoms with E-state index in [1.165, 1.54) is 6.55 Å². The summed E-state index contributed by atoms with van der Waals surface area (Å²) in [6.45, 7) is 4.85. The van der Waals surface area contributed by atoms with Crippen LogP contribution in [0.25, 0.3) is 0 Å². The van der Waals surface area contributed by atoms with Crippen LogP contribution in [0.2, 0.25) is 0 Å². The van der Waals surface area contributed by atoms with E-state index in [9.17, 15) is 0 Å². The van der Waals surface area contributed by atoms with E-state index in [2.05, 4.69) is 6.58 Å². The molecule has 0 rings (SSSR count). The Morgan fingerprint density at radius 1 is 1.50 bits per heavy atom. The monoisotopic (exact) mass is 83.1 g/mol. The highest BCUT2D eigenvalue weighted by molar-refractivity contribution is 4.74. The topological polar surface area (TPSA) is 0 Å². The normalized spacial score (nSPS) is 11.7. The maximum atomic E-state index is 6.57. The third kappa shape index (κ3) is 3.48. The van der Waals surface area contributed by atoms with E-state index >= 15 is 0 Å². The molecular weight excluding hydrogens is 72.1 g/mol. The fourth-order valence-electron chi connectivity index (χ4n) is 0.214. The standard InChI is InChI=1S/C6H10/c1-3-5-6-4-2/h3-4H,1-2,5-6H2/i1D. The lowest BCUT2D eigenvalue weighted by Crippen LogP contribution is -1.56. The molecule has 0 fully saturated rings. The molecule has 0 aromatic carbocycles. The Hall–Kier alpha value is -0.520. The van der Waals surface area contributed by atoms with Crippen molar-refractivity contribution < 1.29 is 1.37 Å². The molecule has 0 N–H and O–H groups in total. The Balaban J connectivity index is 2.82. The van der Waals surface area contributed by atoms with Crippen molar-refractivity contribution in [2.24, 2.45) is 0 Å². The van der Waals surface area contributed by atoms with E-state index in [1.54, 1.807) is 0 Å². The summed E-state index contributed by atoms with van der Waals surface area (Å²) in [5.41, 5.74) is 0. The molecule has 0 aromatic rings. The zero-order valence-electron chi connectivity index (χ0n) is 4.85. The second-order valence-corrected chi connectivity index (χ2v) is 1.10. The van der Waals surface area contributed by atoms with E-state index in [1.807, 2.05) is 12.2 Å². The van der Waals surface area contributed by atoms with Crippen LogP contribution < -0.4 is 0 Å². The number of unbranched alkanes of at least 4 members (excludes halogenated alkanes) is 1. The van der Waals surface area contributed by atoms with E-state index in [-0.39, 0.29) is 0 Å². The molecule has 0 aliphatic carbocycles. The molecule has 0 atom stereocenters. The van der Waals surface area contributed by atoms with Gasteiger partial charge in [0.05, 0.1) is 1.37 Å². The molecule has 6 heavy (non-hydrogen) atoms. The van der Waals surface area contributed by atoms with Crippen molar-refractivity contribution in [3.8, 4) is 0 Å². The van der Waals surface area contributed by atoms with Gasteiger partial charge in [-0.2, -0.15) is 0 Å². The van der Waals surface area contributed by atoms with Gasteiger partial charge in [-0.3, -0.25) is 0 Å². The number of rotatable bonds is 3. The molecule has 0 radical (unpaired) electrons. The van der Waals surface area contributed by atoms with Crippen LogP contribution in [-0.2, 0) is 0 Å². The highest BCUT2D eigenvalue weighted by Gasteiger charge is 1.66. The van der Waals surface area contributed by atoms with Gasteiger partial charge in [-0.25, -0.2) is 0 Å². The van der Waals surface area contributed by atoms with Crippen molar-refractivity contribution in [3.63, 3.8) is 0 Å². The van der Waals surface area contributed by atoms with Crippen molar-refractivity contribution in [3.05, 3.63) is 25.3 Å². The van der Waals surface area contributed by atoms with Gasteiger partial charge in [-0.15, -0.1) is 13.1 Å². The van der Waals surface area contributed by atoms with Gasteiger partial charge in [0.2, 0.25) is 0 Å². The Kier molecular flexibility index (Phi) is 2.73. The molecule has 0 aliphatic heterocycles. The minimum absolute atomic E-state index is 0.951. The van der Waals surface area contributed by atoms with Gasteiger partial charge in [-0.1, -0.05) is 12.2 Å². The Morgan fingerprint density at radius 2 is 2.17 bits per heavy atom. The number of hydrogen-bond donors (Lipinski definition) is 0. The summed E-state index contributed by atoms with van der Waals surface area (Å²) in [7, 11) is 0. The highest BCUT2D eigenvalue weighted by Crippen LogP contribution is 1.86. The molecule has 0 aliphatic rings. The molecule has 0 heterocycles. The summed E-state index contributed by atoms with van der Waals surface area (Å²) in [4.78, 5) is 0. The predicted molar refractivity (Wildman–Crippen MR) is 29.6 cm³/mol. The Morgan fingerprint density at radius 3 is 2.67 bits per heavy atom. The zero-order valence-corrected chi connectivity index (χ0v) is 3.85. The minimum Gasteiger partial charge on any atom is -0.103 e. The van der Waals surface area contributed by atoms with E-state index < -0.39 is 0 Å². The first-order valence-electron chi connectivity index (χ1n) is 2.64. The molecular formula is C6H10. The Labute approximate surface area is 40.6 Å². The van der Waals surface area contributed by atoms with Gasteiger partial charge in [0, 0.05) is 0 Å². The lowest BCUT2D eigenvalue weighted by molar-refractivity contribution is 1.06. The van der Waals surface area contributed by atoms with Crippen LogP contribution in [0.1, 0.15) is 14.2 Å². The van der Waals surface area contributed by atoms with Gasteiger partial charge in [0.25, 0.3) is 0 Å². The van der Waals surface area contributed by atoms with Gasteiger partial charge >= 0.3 is 0 Å². The summed E-state index contributed by atoms with van der Waals surface area (Å²) < 4.78 is 6.57. The molecule has 0 aromatic heterocycles. The van der Waals surface area contributed by atoms with Crippen LogP contribution in [0.4, 0.5) is 0 Å². The van der Waals surface area contributed by atoms with Crippen LogP contribution >= 0.6 is 0 Å². The van der Waals surface area contributed by atoms with Crippen molar-refractivity contribution in [2.45, 2.75) is 12.8 Å². The summed E-state index contributed by atoms with van der Waals surface area (Å²) in [5.74, 6) is 0. The first-order chi connectivity index (χ1) is 3.41. The summed E-state index contributed by atoms with van der Waals surface area (Å²) in [6.07, 6.45) is 5.59. The average molecular weight is 83.2 g/mol. The average Bonchev–Trinajstić information content (AvgIpc) is 1.69. The first-order valence-corrected chi connectivity index (χ1v) is 2.06. The fourth-order valence-corrected chi connectivity index (χ4v) is 0.214. The highest BCUT2D eigenvalue weighted by atomic mass is 13.7. The summed E-state index contributed by atoms with van der Waals surface area (Å²) in [6, 6.07) is 0. The third-order valence-electron chi connectivity index (χ3n) is 0.537. The molecule has 34 valence electrons. The third-order valence-corrected chi connectivity index (χ3v) is 0.537. The van der Waals surface area contributed by atoms with E-state index in [0.29, 0.717) is 0 Å². The Bertz CT molecular complexity index is 64.6. The molecule has 0 saturated heterocycles. The molecule has 0 spiro atoms. The van der Waals surface area contributed by atoms with Crippen molar-refractivity contribution in [1.29, 1.82) is 0 Å². The van der Waals surface area contributed by atoms with E-state index in [4.69, 9.17) is 1.37 Å². The van der Waals surface area contributed by atoms with Gasteiger partial charge < -0.3 is 0 Å². The van der Waals surface area contributed by atoms with Crippen LogP contribution in [-0.4, -0.2) is 0 Å². The van der Waals surface area contributed by atoms with Crippen molar-refractivity contribution >= 4 is 0 Å². The van der Waals surface area contributed by atoms with Gasteiger partial charge in [0.1, 0.15) is 0 Å². The number of allylic oxidation sites excluding steroid dienone is 2. The maximum absolute atomic E-state index is 6.57. The first kappa shape index (κ1) is 3.66. The smallest absolute Gasteiger partial charge is 0.0534 e. The lowest BCUT2D eigenvalue weighted by atomic mass is 10.3. The molecule has 0 unspecified atom stereocenters. The van der Waals surface area contributed by atoms with E-state index in [0.717, 1.165) is 12.8 Å². The molecule has 0 nitrogen and oxygen atoms in total. The lowest BCUT2D eigenvalue weighted by Gasteiger charge is -1.76. The minimum atomic E-state index is 0.951. The van der Waals surface area contributed by atoms with Crippen molar-refractivity contribution in [2.75, 3.05) is 0 Å². The second-order valence-electron chi connectivity index (χ2n) is 1.10. The molecule has 0 amide bonds. The molecule has 0 saturated carbocycles. The van der Waals surface area contributed by atoms with Crippen molar-refractivity contribution in [1.82, 2.24) is 0 Å².